The van der Waals surface area contributed by atoms with E-state index in [1.165, 1.54) is 154 Å². The summed E-state index contributed by atoms with van der Waals surface area (Å²) in [5, 5.41) is 23.7. The second-order valence-electron chi connectivity index (χ2n) is 16.9. The number of amides is 1. The first-order chi connectivity index (χ1) is 27.5. The number of unbranched alkanes of at least 4 members (excludes halogenated alkanes) is 29. The van der Waals surface area contributed by atoms with E-state index in [1.54, 1.807) is 0 Å². The van der Waals surface area contributed by atoms with Crippen molar-refractivity contribution in [3.63, 3.8) is 0 Å². The minimum absolute atomic E-state index is 0.0762. The summed E-state index contributed by atoms with van der Waals surface area (Å²) in [6.45, 7) is 6.43. The minimum atomic E-state index is -0.784. The number of carbonyl (C=O) groups excluding carboxylic acids is 2. The molecule has 0 spiro atoms. The molecule has 3 N–H and O–H groups in total. The average molecular weight is 790 g/mol. The Morgan fingerprint density at radius 1 is 0.518 bits per heavy atom. The molecule has 6 heteroatoms. The molecule has 6 nitrogen and oxygen atoms in total. The molecular weight excluding hydrogens is 695 g/mol. The summed E-state index contributed by atoms with van der Waals surface area (Å²) in [6.07, 6.45) is 49.6. The lowest BCUT2D eigenvalue weighted by Crippen LogP contribution is -2.46. The minimum Gasteiger partial charge on any atom is -0.462 e. The van der Waals surface area contributed by atoms with E-state index in [2.05, 4.69) is 50.4 Å². The SMILES string of the molecule is CCCCC/C=C/C=C/CCCCCCCCC(=O)OC(CCCCCCCCC)CC(=O)NC(CO)C(O)CCCCCCCCCCCCCCCCC. The van der Waals surface area contributed by atoms with Crippen molar-refractivity contribution in [2.75, 3.05) is 6.61 Å². The molecule has 3 unspecified atom stereocenters. The predicted octanol–water partition coefficient (Wildman–Crippen LogP) is 14.3. The highest BCUT2D eigenvalue weighted by molar-refractivity contribution is 5.77. The molecule has 0 bridgehead atoms. The lowest BCUT2D eigenvalue weighted by Gasteiger charge is -2.24. The van der Waals surface area contributed by atoms with Gasteiger partial charge in [0.25, 0.3) is 0 Å². The maximum absolute atomic E-state index is 13.1. The molecule has 0 radical (unpaired) electrons. The number of esters is 1. The third-order valence-electron chi connectivity index (χ3n) is 11.3. The van der Waals surface area contributed by atoms with Crippen molar-refractivity contribution in [3.05, 3.63) is 24.3 Å². The van der Waals surface area contributed by atoms with Crippen LogP contribution in [-0.4, -0.2) is 46.9 Å². The van der Waals surface area contributed by atoms with E-state index in [0.717, 1.165) is 57.8 Å². The highest BCUT2D eigenvalue weighted by Crippen LogP contribution is 2.18. The Hall–Kier alpha value is -1.66. The van der Waals surface area contributed by atoms with Gasteiger partial charge in [-0.05, 0) is 51.4 Å². The number of hydrogen-bond acceptors (Lipinski definition) is 5. The molecule has 0 aliphatic rings. The molecule has 0 aliphatic heterocycles. The zero-order valence-corrected chi connectivity index (χ0v) is 37.5. The second-order valence-corrected chi connectivity index (χ2v) is 16.9. The maximum Gasteiger partial charge on any atom is 0.306 e. The van der Waals surface area contributed by atoms with Gasteiger partial charge in [-0.2, -0.15) is 0 Å². The molecule has 0 heterocycles. The van der Waals surface area contributed by atoms with E-state index in [0.29, 0.717) is 19.3 Å². The highest BCUT2D eigenvalue weighted by Gasteiger charge is 2.24. The Morgan fingerprint density at radius 3 is 1.36 bits per heavy atom. The number of rotatable bonds is 44. The van der Waals surface area contributed by atoms with Crippen LogP contribution in [0.1, 0.15) is 258 Å². The second kappa shape index (κ2) is 44.4. The van der Waals surface area contributed by atoms with Crippen molar-refractivity contribution >= 4 is 11.9 Å². The van der Waals surface area contributed by atoms with Gasteiger partial charge in [-0.1, -0.05) is 218 Å². The number of carbonyl (C=O) groups is 2. The first-order valence-electron chi connectivity index (χ1n) is 24.6. The van der Waals surface area contributed by atoms with E-state index in [-0.39, 0.29) is 24.9 Å². The standard InChI is InChI=1S/C50H95NO5/c1-4-7-10-13-16-18-20-22-24-26-28-30-33-36-39-42-48(53)47(45-52)51-49(54)44-46(41-38-35-32-15-12-9-6-3)56-50(55)43-40-37-34-31-29-27-25-23-21-19-17-14-11-8-5-2/h17,19,21,23,46-48,52-53H,4-16,18,20,22,24-45H2,1-3H3,(H,51,54)/b19-17+,23-21+. The smallest absolute Gasteiger partial charge is 0.306 e. The number of allylic oxidation sites excluding steroid dienone is 4. The van der Waals surface area contributed by atoms with E-state index < -0.39 is 18.2 Å². The summed E-state index contributed by atoms with van der Waals surface area (Å²) in [7, 11) is 0. The summed E-state index contributed by atoms with van der Waals surface area (Å²) in [5.74, 6) is -0.483. The Kier molecular flexibility index (Phi) is 43.1. The first-order valence-corrected chi connectivity index (χ1v) is 24.6. The summed E-state index contributed by atoms with van der Waals surface area (Å²) < 4.78 is 5.88. The molecule has 0 fully saturated rings. The zero-order chi connectivity index (χ0) is 41.0. The van der Waals surface area contributed by atoms with Crippen LogP contribution in [0.3, 0.4) is 0 Å². The summed E-state index contributed by atoms with van der Waals surface area (Å²) in [4.78, 5) is 25.9. The molecule has 0 aromatic rings. The van der Waals surface area contributed by atoms with Gasteiger partial charge < -0.3 is 20.3 Å². The molecule has 1 amide bonds. The quantitative estimate of drug-likeness (QED) is 0.0324. The highest BCUT2D eigenvalue weighted by atomic mass is 16.5. The molecule has 330 valence electrons. The fourth-order valence-electron chi connectivity index (χ4n) is 7.54. The number of ether oxygens (including phenoxy) is 1. The Morgan fingerprint density at radius 2 is 0.893 bits per heavy atom. The molecule has 3 atom stereocenters. The molecular formula is C50H95NO5. The van der Waals surface area contributed by atoms with E-state index >= 15 is 0 Å². The number of hydrogen-bond donors (Lipinski definition) is 3. The zero-order valence-electron chi connectivity index (χ0n) is 37.5. The normalized spacial score (nSPS) is 13.4. The van der Waals surface area contributed by atoms with Crippen molar-refractivity contribution in [2.24, 2.45) is 0 Å². The van der Waals surface area contributed by atoms with E-state index in [1.807, 2.05) is 0 Å². The van der Waals surface area contributed by atoms with Crippen LogP contribution in [0.4, 0.5) is 0 Å². The number of nitrogens with one attached hydrogen (secondary N) is 1. The molecule has 0 saturated heterocycles. The van der Waals surface area contributed by atoms with Crippen LogP contribution in [0.25, 0.3) is 0 Å². The van der Waals surface area contributed by atoms with Gasteiger partial charge in [0.15, 0.2) is 0 Å². The van der Waals surface area contributed by atoms with Crippen LogP contribution in [0.2, 0.25) is 0 Å². The topological polar surface area (TPSA) is 95.9 Å². The maximum atomic E-state index is 13.1. The van der Waals surface area contributed by atoms with Crippen molar-refractivity contribution in [2.45, 2.75) is 277 Å². The lowest BCUT2D eigenvalue weighted by molar-refractivity contribution is -0.151. The van der Waals surface area contributed by atoms with Crippen LogP contribution in [0, 0.1) is 0 Å². The van der Waals surface area contributed by atoms with Crippen LogP contribution in [0.5, 0.6) is 0 Å². The van der Waals surface area contributed by atoms with Gasteiger partial charge in [0.05, 0.1) is 25.2 Å². The fraction of sp³-hybridized carbons (Fsp3) is 0.880. The van der Waals surface area contributed by atoms with Gasteiger partial charge in [0.1, 0.15) is 6.10 Å². The third kappa shape index (κ3) is 39.2. The van der Waals surface area contributed by atoms with Gasteiger partial charge >= 0.3 is 5.97 Å². The number of aliphatic hydroxyl groups excluding tert-OH is 2. The van der Waals surface area contributed by atoms with Crippen LogP contribution < -0.4 is 5.32 Å². The van der Waals surface area contributed by atoms with Crippen LogP contribution in [-0.2, 0) is 14.3 Å². The van der Waals surface area contributed by atoms with E-state index in [9.17, 15) is 19.8 Å². The van der Waals surface area contributed by atoms with Gasteiger partial charge in [0.2, 0.25) is 5.91 Å². The van der Waals surface area contributed by atoms with Gasteiger partial charge in [-0.25, -0.2) is 0 Å². The van der Waals surface area contributed by atoms with Crippen LogP contribution in [0.15, 0.2) is 24.3 Å². The van der Waals surface area contributed by atoms with Crippen LogP contribution >= 0.6 is 0 Å². The molecule has 0 aromatic carbocycles. The average Bonchev–Trinajstić information content (AvgIpc) is 3.19. The van der Waals surface area contributed by atoms with E-state index in [4.69, 9.17) is 4.74 Å². The Balaban J connectivity index is 4.38. The van der Waals surface area contributed by atoms with Gasteiger partial charge in [-0.3, -0.25) is 9.59 Å². The van der Waals surface area contributed by atoms with Crippen molar-refractivity contribution in [1.82, 2.24) is 5.32 Å². The summed E-state index contributed by atoms with van der Waals surface area (Å²) in [5.41, 5.74) is 0. The fourth-order valence-corrected chi connectivity index (χ4v) is 7.54. The van der Waals surface area contributed by atoms with Crippen molar-refractivity contribution in [3.8, 4) is 0 Å². The lowest BCUT2D eigenvalue weighted by atomic mass is 10.0. The molecule has 0 saturated carbocycles. The van der Waals surface area contributed by atoms with Crippen molar-refractivity contribution in [1.29, 1.82) is 0 Å². The largest absolute Gasteiger partial charge is 0.462 e. The number of aliphatic hydroxyl groups is 2. The molecule has 0 aromatic heterocycles. The third-order valence-corrected chi connectivity index (χ3v) is 11.3. The molecule has 0 rings (SSSR count). The Labute approximate surface area is 348 Å². The van der Waals surface area contributed by atoms with Crippen molar-refractivity contribution < 1.29 is 24.5 Å². The Bertz CT molecular complexity index is 889. The predicted molar refractivity (Wildman–Crippen MR) is 241 cm³/mol. The van der Waals surface area contributed by atoms with Gasteiger partial charge in [-0.15, -0.1) is 0 Å². The first kappa shape index (κ1) is 54.3. The molecule has 0 aliphatic carbocycles. The monoisotopic (exact) mass is 790 g/mol. The summed E-state index contributed by atoms with van der Waals surface area (Å²) in [6, 6.07) is -0.697. The summed E-state index contributed by atoms with van der Waals surface area (Å²) >= 11 is 0. The molecule has 56 heavy (non-hydrogen) atoms. The van der Waals surface area contributed by atoms with Gasteiger partial charge in [0, 0.05) is 6.42 Å².